The van der Waals surface area contributed by atoms with Gasteiger partial charge in [-0.1, -0.05) is 35.4 Å². The molecule has 2 aliphatic heterocycles. The van der Waals surface area contributed by atoms with E-state index in [0.717, 1.165) is 37.2 Å². The minimum Gasteiger partial charge on any atom is -0.385 e. The van der Waals surface area contributed by atoms with Gasteiger partial charge in [-0.2, -0.15) is 10.1 Å². The van der Waals surface area contributed by atoms with Crippen LogP contribution in [0, 0.1) is 0 Å². The first-order valence-electron chi connectivity index (χ1n) is 9.49. The Morgan fingerprint density at radius 3 is 3.00 bits per heavy atom. The molecular formula is C18H25N7S2. The molecule has 7 nitrogen and oxygen atoms in total. The van der Waals surface area contributed by atoms with E-state index in [2.05, 4.69) is 42.2 Å². The maximum Gasteiger partial charge on any atom is 0.227 e. The van der Waals surface area contributed by atoms with Gasteiger partial charge in [0.05, 0.1) is 11.8 Å². The highest BCUT2D eigenvalue weighted by molar-refractivity contribution is 8.78. The molecule has 0 amide bonds. The molecule has 0 radical (unpaired) electrons. The second kappa shape index (κ2) is 8.43. The zero-order valence-corrected chi connectivity index (χ0v) is 17.2. The van der Waals surface area contributed by atoms with Crippen molar-refractivity contribution in [2.24, 2.45) is 0 Å². The number of rotatable bonds is 4. The molecule has 0 aromatic carbocycles. The largest absolute Gasteiger partial charge is 0.385 e. The minimum atomic E-state index is 0.522. The molecule has 27 heavy (non-hydrogen) atoms. The summed E-state index contributed by atoms with van der Waals surface area (Å²) in [5.41, 5.74) is 2.45. The monoisotopic (exact) mass is 403 g/mol. The third-order valence-corrected chi connectivity index (χ3v) is 7.04. The summed E-state index contributed by atoms with van der Waals surface area (Å²) in [7, 11) is 3.73. The van der Waals surface area contributed by atoms with Crippen LogP contribution in [0.15, 0.2) is 29.4 Å². The number of aromatic nitrogens is 4. The van der Waals surface area contributed by atoms with Crippen LogP contribution in [-0.2, 0) is 0 Å². The Kier molecular flexibility index (Phi) is 5.77. The summed E-state index contributed by atoms with van der Waals surface area (Å²) in [6.07, 6.45) is 4.33. The maximum atomic E-state index is 4.71. The first-order valence-corrected chi connectivity index (χ1v) is 11.8. The van der Waals surface area contributed by atoms with Crippen molar-refractivity contribution in [1.82, 2.24) is 25.5 Å². The van der Waals surface area contributed by atoms with Gasteiger partial charge in [-0.05, 0) is 18.9 Å². The lowest BCUT2D eigenvalue weighted by molar-refractivity contribution is 0.782. The number of aromatic amines is 1. The van der Waals surface area contributed by atoms with Crippen LogP contribution in [0.5, 0.6) is 0 Å². The number of nitrogens with one attached hydrogen (secondary N) is 3. The van der Waals surface area contributed by atoms with Crippen molar-refractivity contribution in [1.29, 1.82) is 0 Å². The fourth-order valence-corrected chi connectivity index (χ4v) is 5.30. The van der Waals surface area contributed by atoms with Crippen LogP contribution in [0.1, 0.15) is 38.3 Å². The first kappa shape index (κ1) is 18.5. The van der Waals surface area contributed by atoms with E-state index in [1.807, 2.05) is 47.7 Å². The van der Waals surface area contributed by atoms with Gasteiger partial charge < -0.3 is 15.5 Å². The molecule has 4 heterocycles. The van der Waals surface area contributed by atoms with E-state index in [0.29, 0.717) is 11.2 Å². The van der Waals surface area contributed by atoms with Crippen LogP contribution in [0.4, 0.5) is 17.6 Å². The van der Waals surface area contributed by atoms with Crippen LogP contribution in [0.25, 0.3) is 0 Å². The molecule has 2 bridgehead atoms. The summed E-state index contributed by atoms with van der Waals surface area (Å²) in [5, 5.41) is 17.0. The van der Waals surface area contributed by atoms with Gasteiger partial charge in [0.1, 0.15) is 5.82 Å². The van der Waals surface area contributed by atoms with Gasteiger partial charge in [-0.15, -0.1) is 0 Å². The minimum absolute atomic E-state index is 0.522. The number of H-pyrrole nitrogens is 1. The van der Waals surface area contributed by atoms with Crippen molar-refractivity contribution in [2.45, 2.75) is 37.9 Å². The van der Waals surface area contributed by atoms with E-state index in [9.17, 15) is 0 Å². The van der Waals surface area contributed by atoms with E-state index in [4.69, 9.17) is 4.98 Å². The Morgan fingerprint density at radius 1 is 1.26 bits per heavy atom. The standard InChI is InChI=1S/C16H19N7S2.C2H6/c1-2-10(1)13-5-15(22-21-13)19-14-3-4-17-16(20-14)23-7-11-9-24-25-12(8-23)6-18-11;1-2/h3-5,9-10,12,18H,1-2,6-8H2,(H2,17,19,20,21,22);1-2H3. The molecule has 1 atom stereocenters. The summed E-state index contributed by atoms with van der Waals surface area (Å²) in [6, 6.07) is 3.97. The predicted octanol–water partition coefficient (Wildman–Crippen LogP) is 3.86. The van der Waals surface area contributed by atoms with Crippen molar-refractivity contribution < 1.29 is 0 Å². The summed E-state index contributed by atoms with van der Waals surface area (Å²) in [4.78, 5) is 11.4. The van der Waals surface area contributed by atoms with Gasteiger partial charge in [-0.3, -0.25) is 5.10 Å². The molecule has 5 rings (SSSR count). The van der Waals surface area contributed by atoms with E-state index in [-0.39, 0.29) is 0 Å². The average Bonchev–Trinajstić information content (AvgIpc) is 3.49. The quantitative estimate of drug-likeness (QED) is 0.664. The molecule has 2 aromatic heterocycles. The summed E-state index contributed by atoms with van der Waals surface area (Å²) in [5.74, 6) is 3.01. The van der Waals surface area contributed by atoms with E-state index in [1.165, 1.54) is 24.2 Å². The highest BCUT2D eigenvalue weighted by Crippen LogP contribution is 2.39. The molecule has 144 valence electrons. The molecule has 3 N–H and O–H groups in total. The Balaban J connectivity index is 0.000000872. The van der Waals surface area contributed by atoms with Crippen molar-refractivity contribution >= 4 is 39.2 Å². The summed E-state index contributed by atoms with van der Waals surface area (Å²) < 4.78 is 0. The van der Waals surface area contributed by atoms with Crippen LogP contribution >= 0.6 is 21.6 Å². The van der Waals surface area contributed by atoms with E-state index in [1.54, 1.807) is 0 Å². The van der Waals surface area contributed by atoms with Crippen LogP contribution in [-0.4, -0.2) is 45.0 Å². The lowest BCUT2D eigenvalue weighted by Gasteiger charge is -2.24. The fourth-order valence-electron chi connectivity index (χ4n) is 3.05. The van der Waals surface area contributed by atoms with Gasteiger partial charge in [0.15, 0.2) is 5.82 Å². The number of anilines is 3. The number of hydrogen-bond acceptors (Lipinski definition) is 8. The highest BCUT2D eigenvalue weighted by Gasteiger charge is 2.26. The molecular weight excluding hydrogens is 378 g/mol. The average molecular weight is 404 g/mol. The number of hydrogen-bond donors (Lipinski definition) is 3. The van der Waals surface area contributed by atoms with Crippen molar-refractivity contribution in [2.75, 3.05) is 29.9 Å². The normalized spacial score (nSPS) is 21.3. The topological polar surface area (TPSA) is 81.8 Å². The van der Waals surface area contributed by atoms with Crippen molar-refractivity contribution in [3.05, 3.63) is 35.1 Å². The van der Waals surface area contributed by atoms with Gasteiger partial charge in [0, 0.05) is 48.1 Å². The van der Waals surface area contributed by atoms with Gasteiger partial charge in [-0.25, -0.2) is 4.98 Å². The molecule has 0 spiro atoms. The smallest absolute Gasteiger partial charge is 0.227 e. The fraction of sp³-hybridized carbons (Fsp3) is 0.500. The van der Waals surface area contributed by atoms with Crippen molar-refractivity contribution in [3.63, 3.8) is 0 Å². The Morgan fingerprint density at radius 2 is 2.15 bits per heavy atom. The highest BCUT2D eigenvalue weighted by atomic mass is 33.1. The van der Waals surface area contributed by atoms with Crippen LogP contribution in [0.2, 0.25) is 0 Å². The lowest BCUT2D eigenvalue weighted by atomic mass is 10.3. The molecule has 1 saturated carbocycles. The van der Waals surface area contributed by atoms with Crippen LogP contribution < -0.4 is 15.5 Å². The predicted molar refractivity (Wildman–Crippen MR) is 114 cm³/mol. The first-order chi connectivity index (χ1) is 13.3. The molecule has 9 heteroatoms. The summed E-state index contributed by atoms with van der Waals surface area (Å²) >= 11 is 0. The van der Waals surface area contributed by atoms with Crippen molar-refractivity contribution in [3.8, 4) is 0 Å². The lowest BCUT2D eigenvalue weighted by Crippen LogP contribution is -2.32. The molecule has 2 aromatic rings. The Labute approximate surface area is 167 Å². The Bertz CT molecular complexity index is 803. The molecule has 1 unspecified atom stereocenters. The van der Waals surface area contributed by atoms with E-state index >= 15 is 0 Å². The maximum absolute atomic E-state index is 4.71. The zero-order valence-electron chi connectivity index (χ0n) is 15.6. The van der Waals surface area contributed by atoms with Crippen LogP contribution in [0.3, 0.4) is 0 Å². The zero-order chi connectivity index (χ0) is 18.6. The van der Waals surface area contributed by atoms with Gasteiger partial charge in [0.25, 0.3) is 0 Å². The number of fused-ring (bicyclic) bond motifs is 3. The molecule has 3 aliphatic rings. The van der Waals surface area contributed by atoms with Gasteiger partial charge >= 0.3 is 0 Å². The third kappa shape index (κ3) is 4.52. The SMILES string of the molecule is C1=C2CN(c3nccc(Nc4cc(C5CC5)[nH]n4)n3)CC(CN2)SS1.CC. The Hall–Kier alpha value is -1.87. The third-order valence-electron chi connectivity index (χ3n) is 4.52. The van der Waals surface area contributed by atoms with Gasteiger partial charge in [0.2, 0.25) is 5.95 Å². The molecule has 1 saturated heterocycles. The second-order valence-corrected chi connectivity index (χ2v) is 9.01. The summed E-state index contributed by atoms with van der Waals surface area (Å²) in [6.45, 7) is 6.76. The second-order valence-electron chi connectivity index (χ2n) is 6.57. The number of nitrogens with zero attached hydrogens (tertiary/aromatic N) is 4. The molecule has 2 fully saturated rings. The molecule has 1 aliphatic carbocycles. The van der Waals surface area contributed by atoms with E-state index < -0.39 is 0 Å².